The maximum Gasteiger partial charge on any atom is 0.318 e. The zero-order valence-electron chi connectivity index (χ0n) is 35.0. The van der Waals surface area contributed by atoms with Gasteiger partial charge in [0.15, 0.2) is 0 Å². The minimum absolute atomic E-state index is 0.0127. The van der Waals surface area contributed by atoms with Crippen molar-refractivity contribution in [2.75, 3.05) is 0 Å². The third-order valence-corrected chi connectivity index (χ3v) is 16.2. The van der Waals surface area contributed by atoms with Crippen molar-refractivity contribution in [3.05, 3.63) is 12.2 Å². The molecule has 2 saturated heterocycles. The van der Waals surface area contributed by atoms with E-state index in [-0.39, 0.29) is 66.0 Å². The first kappa shape index (κ1) is 43.5. The van der Waals surface area contributed by atoms with E-state index in [1.54, 1.807) is 0 Å². The number of hydrogen-bond donors (Lipinski definition) is 2. The molecule has 11 nitrogen and oxygen atoms in total. The van der Waals surface area contributed by atoms with Crippen LogP contribution in [0.1, 0.15) is 157 Å². The molecule has 0 aromatic carbocycles. The molecule has 13 atom stereocenters. The quantitative estimate of drug-likeness (QED) is 0.0523. The predicted octanol–water partition coefficient (Wildman–Crippen LogP) is 8.70. The maximum absolute atomic E-state index is 14.1. The van der Waals surface area contributed by atoms with Crippen LogP contribution in [0.2, 0.25) is 0 Å². The highest BCUT2D eigenvalue weighted by molar-refractivity contribution is 5.98. The van der Waals surface area contributed by atoms with Crippen molar-refractivity contribution in [2.24, 2.45) is 69.5 Å². The van der Waals surface area contributed by atoms with Gasteiger partial charge in [0.1, 0.15) is 0 Å². The molecule has 1 spiro atoms. The number of allylic oxidation sites excluding steroid dienone is 2. The molecule has 2 N–H and O–H groups in total. The number of ether oxygens (including phenoxy) is 3. The molecule has 7 rings (SSSR count). The van der Waals surface area contributed by atoms with Crippen LogP contribution < -0.4 is 0 Å². The smallest absolute Gasteiger partial charge is 0.318 e. The van der Waals surface area contributed by atoms with Crippen molar-refractivity contribution < 1.29 is 53.2 Å². The molecule has 0 aromatic heterocycles. The Morgan fingerprint density at radius 2 is 1.61 bits per heavy atom. The van der Waals surface area contributed by atoms with Crippen molar-refractivity contribution in [1.29, 1.82) is 0 Å². The first-order chi connectivity index (χ1) is 27.1. The first-order valence-corrected chi connectivity index (χ1v) is 22.4. The van der Waals surface area contributed by atoms with Gasteiger partial charge in [-0.25, -0.2) is 0 Å². The Hall–Kier alpha value is -3.08. The number of aliphatic carboxylic acids is 2. The fourth-order valence-corrected chi connectivity index (χ4v) is 13.6. The van der Waals surface area contributed by atoms with E-state index in [0.29, 0.717) is 38.5 Å². The molecule has 5 aliphatic carbocycles. The Kier molecular flexibility index (Phi) is 13.5. The van der Waals surface area contributed by atoms with Gasteiger partial charge in [0.2, 0.25) is 0 Å². The van der Waals surface area contributed by atoms with Gasteiger partial charge in [-0.2, -0.15) is 0 Å². The van der Waals surface area contributed by atoms with Crippen LogP contribution in [0.4, 0.5) is 0 Å². The number of carboxylic acids is 2. The number of unbranched alkanes of at least 4 members (excludes halogenated alkanes) is 6. The number of carbonyl (C=O) groups is 6. The monoisotopic (exact) mass is 796 g/mol. The second-order valence-electron chi connectivity index (χ2n) is 19.6. The average molecular weight is 797 g/mol. The summed E-state index contributed by atoms with van der Waals surface area (Å²) in [6.45, 7) is 10.7. The van der Waals surface area contributed by atoms with Crippen LogP contribution in [-0.2, 0) is 43.0 Å². The van der Waals surface area contributed by atoms with Crippen molar-refractivity contribution in [3.63, 3.8) is 0 Å². The molecule has 57 heavy (non-hydrogen) atoms. The topological polar surface area (TPSA) is 171 Å². The summed E-state index contributed by atoms with van der Waals surface area (Å²) in [4.78, 5) is 76.9. The highest BCUT2D eigenvalue weighted by atomic mass is 16.6. The number of carboxylic acid groups (broad SMARTS) is 2. The highest BCUT2D eigenvalue weighted by Crippen LogP contribution is 2.76. The molecule has 0 amide bonds. The summed E-state index contributed by atoms with van der Waals surface area (Å²) in [5.74, 6) is -5.37. The fourth-order valence-electron chi connectivity index (χ4n) is 13.6. The number of esters is 4. The number of cyclic esters (lactones) is 4. The van der Waals surface area contributed by atoms with Crippen LogP contribution in [-0.4, -0.2) is 58.2 Å². The zero-order valence-corrected chi connectivity index (χ0v) is 35.0. The summed E-state index contributed by atoms with van der Waals surface area (Å²) in [6, 6.07) is 0. The Bertz CT molecular complexity index is 1570. The van der Waals surface area contributed by atoms with Gasteiger partial charge < -0.3 is 24.4 Å². The molecule has 2 aliphatic heterocycles. The van der Waals surface area contributed by atoms with Gasteiger partial charge in [-0.15, -0.1) is 0 Å². The van der Waals surface area contributed by atoms with Crippen LogP contribution in [0.25, 0.3) is 0 Å². The summed E-state index contributed by atoms with van der Waals surface area (Å²) in [5.41, 5.74) is -1.94. The SMILES string of the molecule is CCCCC=CC(CCC(CCCCCCCC(=O)O)OC1C(C(C)C)C2CC3C4(C)CCCC(C)(C(=O)O)C4CCC13C1C(=O)OC(=O)C21)C1CC(=O)OC1=O. The average Bonchev–Trinajstić information content (AvgIpc) is 3.66. The largest absolute Gasteiger partial charge is 0.481 e. The van der Waals surface area contributed by atoms with Gasteiger partial charge in [0.05, 0.1) is 41.8 Å². The molecular formula is C46H68O11. The summed E-state index contributed by atoms with van der Waals surface area (Å²) in [5, 5.41) is 19.7. The summed E-state index contributed by atoms with van der Waals surface area (Å²) in [7, 11) is 0. The van der Waals surface area contributed by atoms with E-state index in [1.807, 2.05) is 6.92 Å². The molecule has 0 radical (unpaired) electrons. The van der Waals surface area contributed by atoms with E-state index in [1.165, 1.54) is 0 Å². The summed E-state index contributed by atoms with van der Waals surface area (Å²) >= 11 is 0. The zero-order chi connectivity index (χ0) is 41.3. The van der Waals surface area contributed by atoms with Crippen LogP contribution in [0, 0.1) is 69.5 Å². The fraction of sp³-hybridized carbons (Fsp3) is 0.826. The molecule has 11 heteroatoms. The third-order valence-electron chi connectivity index (χ3n) is 16.2. The lowest BCUT2D eigenvalue weighted by Gasteiger charge is -2.72. The van der Waals surface area contributed by atoms with Crippen LogP contribution in [0.5, 0.6) is 0 Å². The van der Waals surface area contributed by atoms with Crippen molar-refractivity contribution in [2.45, 2.75) is 169 Å². The number of fused-ring (bicyclic) bond motifs is 2. The van der Waals surface area contributed by atoms with E-state index in [0.717, 1.165) is 70.6 Å². The highest BCUT2D eigenvalue weighted by Gasteiger charge is 2.78. The van der Waals surface area contributed by atoms with Gasteiger partial charge >= 0.3 is 35.8 Å². The lowest BCUT2D eigenvalue weighted by molar-refractivity contribution is -0.296. The van der Waals surface area contributed by atoms with Crippen molar-refractivity contribution in [3.8, 4) is 0 Å². The van der Waals surface area contributed by atoms with E-state index in [2.05, 4.69) is 39.8 Å². The Balaban J connectivity index is 1.34. The summed E-state index contributed by atoms with van der Waals surface area (Å²) < 4.78 is 18.2. The third kappa shape index (κ3) is 8.13. The van der Waals surface area contributed by atoms with Crippen LogP contribution >= 0.6 is 0 Å². The minimum atomic E-state index is -0.875. The van der Waals surface area contributed by atoms with E-state index < -0.39 is 64.4 Å². The minimum Gasteiger partial charge on any atom is -0.481 e. The standard InChI is InChI=1S/C46H68O11/c1-6-7-8-12-16-28(30-26-35(49)56-40(30)50)19-20-29(17-13-10-9-11-14-18-34(47)48)55-39-36(27(2)3)31-25-33-44(4)22-15-23-45(5,43(53)54)32(44)21-24-46(33,39)38-37(31)41(51)57-42(38)52/h12,16,27-33,36-39H,6-11,13-15,17-26H2,1-5H3,(H,47,48)(H,53,54). The molecule has 7 aliphatic rings. The van der Waals surface area contributed by atoms with Crippen molar-refractivity contribution >= 4 is 35.8 Å². The van der Waals surface area contributed by atoms with E-state index in [4.69, 9.17) is 19.3 Å². The van der Waals surface area contributed by atoms with E-state index >= 15 is 0 Å². The molecule has 318 valence electrons. The van der Waals surface area contributed by atoms with Crippen LogP contribution in [0.15, 0.2) is 12.2 Å². The van der Waals surface area contributed by atoms with Gasteiger partial charge in [0, 0.05) is 11.8 Å². The number of hydrogen-bond acceptors (Lipinski definition) is 9. The van der Waals surface area contributed by atoms with Gasteiger partial charge in [-0.05, 0) is 112 Å². The molecule has 7 fully saturated rings. The molecule has 5 saturated carbocycles. The molecule has 2 heterocycles. The summed E-state index contributed by atoms with van der Waals surface area (Å²) in [6.07, 6.45) is 17.2. The molecule has 0 aromatic rings. The van der Waals surface area contributed by atoms with Crippen LogP contribution in [0.3, 0.4) is 0 Å². The molecule has 2 bridgehead atoms. The Morgan fingerprint density at radius 3 is 2.28 bits per heavy atom. The van der Waals surface area contributed by atoms with Gasteiger partial charge in [-0.3, -0.25) is 28.8 Å². The number of rotatable bonds is 20. The second-order valence-corrected chi connectivity index (χ2v) is 19.6. The Labute approximate surface area is 338 Å². The predicted molar refractivity (Wildman–Crippen MR) is 210 cm³/mol. The molecular weight excluding hydrogens is 728 g/mol. The first-order valence-electron chi connectivity index (χ1n) is 22.4. The van der Waals surface area contributed by atoms with Gasteiger partial charge in [0.25, 0.3) is 0 Å². The van der Waals surface area contributed by atoms with Crippen molar-refractivity contribution in [1.82, 2.24) is 0 Å². The van der Waals surface area contributed by atoms with E-state index in [9.17, 15) is 33.9 Å². The lowest BCUT2D eigenvalue weighted by Crippen LogP contribution is -2.73. The normalized spacial score (nSPS) is 38.1. The maximum atomic E-state index is 14.1. The number of carbonyl (C=O) groups excluding carboxylic acids is 4. The van der Waals surface area contributed by atoms with Gasteiger partial charge in [-0.1, -0.05) is 84.8 Å². The second kappa shape index (κ2) is 17.6. The molecule has 13 unspecified atom stereocenters. The Morgan fingerprint density at radius 1 is 0.877 bits per heavy atom. The lowest BCUT2D eigenvalue weighted by atomic mass is 9.31.